The van der Waals surface area contributed by atoms with Gasteiger partial charge in [0.1, 0.15) is 11.9 Å². The molecule has 3 aliphatic rings. The summed E-state index contributed by atoms with van der Waals surface area (Å²) in [5, 5.41) is 33.9. The summed E-state index contributed by atoms with van der Waals surface area (Å²) in [4.78, 5) is 54.3. The van der Waals surface area contributed by atoms with E-state index in [1.54, 1.807) is 21.0 Å². The zero-order valence-corrected chi connectivity index (χ0v) is 36.8. The molecule has 0 aromatic rings. The van der Waals surface area contributed by atoms with Gasteiger partial charge in [0.25, 0.3) is 11.7 Å². The highest BCUT2D eigenvalue weighted by molar-refractivity contribution is 6.39. The van der Waals surface area contributed by atoms with E-state index >= 15 is 0 Å². The van der Waals surface area contributed by atoms with Crippen molar-refractivity contribution in [3.8, 4) is 0 Å². The molecule has 14 atom stereocenters. The molecule has 1 amide bonds. The van der Waals surface area contributed by atoms with Gasteiger partial charge in [0, 0.05) is 52.0 Å². The number of hydrogen-bond donors (Lipinski definition) is 3. The Hall–Kier alpha value is -2.03. The second-order valence-electron chi connectivity index (χ2n) is 17.3. The van der Waals surface area contributed by atoms with Crippen molar-refractivity contribution in [2.24, 2.45) is 29.6 Å². The Labute approximate surface area is 346 Å². The highest BCUT2D eigenvalue weighted by atomic mass is 35.5. The van der Waals surface area contributed by atoms with Gasteiger partial charge >= 0.3 is 0 Å². The number of amides is 1. The van der Waals surface area contributed by atoms with Crippen LogP contribution in [0.25, 0.3) is 0 Å². The van der Waals surface area contributed by atoms with Crippen molar-refractivity contribution in [3.63, 3.8) is 0 Å². The van der Waals surface area contributed by atoms with Gasteiger partial charge in [-0.15, -0.1) is 11.6 Å². The zero-order chi connectivity index (χ0) is 42.8. The fraction of sp³-hybridized carbons (Fsp3) is 0.818. The molecule has 2 saturated heterocycles. The third kappa shape index (κ3) is 12.7. The van der Waals surface area contributed by atoms with Crippen LogP contribution in [0.3, 0.4) is 0 Å². The number of nitrogens with zero attached hydrogens (tertiary/aromatic N) is 1. The molecule has 3 rings (SSSR count). The Balaban J connectivity index is 1.64. The first-order valence-corrected chi connectivity index (χ1v) is 21.5. The first kappa shape index (κ1) is 49.3. The van der Waals surface area contributed by atoms with Crippen molar-refractivity contribution in [2.75, 3.05) is 27.9 Å². The predicted molar refractivity (Wildman–Crippen MR) is 219 cm³/mol. The molecule has 0 bridgehead atoms. The molecule has 2 aliphatic heterocycles. The molecule has 13 heteroatoms. The van der Waals surface area contributed by atoms with Crippen LogP contribution in [0.2, 0.25) is 0 Å². The average molecular weight is 827 g/mol. The van der Waals surface area contributed by atoms with Gasteiger partial charge in [0.05, 0.1) is 41.9 Å². The summed E-state index contributed by atoms with van der Waals surface area (Å²) < 4.78 is 23.4. The molecule has 57 heavy (non-hydrogen) atoms. The standard InChI is InChI=1S/C44H72ClNO11/c1-11-32(36(49)24-35(48)29(6)40(50)27(4)21-31-15-16-33(45)37(23-31)54-8)19-25(2)18-26(3)20-38(55-9)41-39(56-10)22-28(5)44(53,57-41)42(51)43(52)46-17-13-12-14-34(46)30(7)47/h19,21,26,28-29,31-35,37-41,48,50,53H,11-18,20,22-24H2,1-10H3/b25-19+,27-21+/t26-,28+,29+,31-,32+,33-,34-,35-,37+,38-,39-,40+,41+,44+/m0/s1. The predicted octanol–water partition coefficient (Wildman–Crippen LogP) is 5.74. The third-order valence-corrected chi connectivity index (χ3v) is 13.3. The van der Waals surface area contributed by atoms with E-state index in [9.17, 15) is 34.5 Å². The number of Topliss-reactive ketones (excluding diaryl/α,β-unsaturated/α-hetero) is 3. The molecule has 2 heterocycles. The Morgan fingerprint density at radius 1 is 0.965 bits per heavy atom. The normalized spacial score (nSPS) is 32.2. The maximum absolute atomic E-state index is 13.7. The zero-order valence-electron chi connectivity index (χ0n) is 36.1. The number of aliphatic hydroxyl groups is 3. The van der Waals surface area contributed by atoms with E-state index in [1.807, 2.05) is 33.8 Å². The summed E-state index contributed by atoms with van der Waals surface area (Å²) in [6.07, 6.45) is 6.24. The maximum Gasteiger partial charge on any atom is 0.296 e. The summed E-state index contributed by atoms with van der Waals surface area (Å²) in [5.41, 5.74) is 1.75. The van der Waals surface area contributed by atoms with Crippen LogP contribution in [0.15, 0.2) is 23.3 Å². The van der Waals surface area contributed by atoms with E-state index in [4.69, 9.17) is 30.5 Å². The van der Waals surface area contributed by atoms with Crippen LogP contribution in [-0.2, 0) is 38.1 Å². The molecular formula is C44H72ClNO11. The fourth-order valence-corrected chi connectivity index (χ4v) is 9.48. The largest absolute Gasteiger partial charge is 0.392 e. The van der Waals surface area contributed by atoms with E-state index in [2.05, 4.69) is 6.08 Å². The monoisotopic (exact) mass is 825 g/mol. The van der Waals surface area contributed by atoms with Gasteiger partial charge < -0.3 is 39.2 Å². The Bertz CT molecular complexity index is 1420. The van der Waals surface area contributed by atoms with Crippen molar-refractivity contribution in [2.45, 2.75) is 173 Å². The smallest absolute Gasteiger partial charge is 0.296 e. The summed E-state index contributed by atoms with van der Waals surface area (Å²) in [7, 11) is 4.72. The van der Waals surface area contributed by atoms with Crippen molar-refractivity contribution in [1.82, 2.24) is 4.90 Å². The quantitative estimate of drug-likeness (QED) is 0.0778. The molecule has 0 radical (unpaired) electrons. The number of alkyl halides is 1. The molecule has 3 N–H and O–H groups in total. The van der Waals surface area contributed by atoms with Gasteiger partial charge in [-0.25, -0.2) is 0 Å². The lowest BCUT2D eigenvalue weighted by Crippen LogP contribution is -2.64. The lowest BCUT2D eigenvalue weighted by atomic mass is 9.81. The molecule has 0 spiro atoms. The number of ether oxygens (including phenoxy) is 4. The van der Waals surface area contributed by atoms with Gasteiger partial charge in [0.2, 0.25) is 5.79 Å². The topological polar surface area (TPSA) is 169 Å². The number of ketones is 3. The van der Waals surface area contributed by atoms with Gasteiger partial charge in [-0.2, -0.15) is 0 Å². The lowest BCUT2D eigenvalue weighted by Gasteiger charge is -2.47. The Morgan fingerprint density at radius 2 is 1.63 bits per heavy atom. The van der Waals surface area contributed by atoms with Crippen LogP contribution in [0.4, 0.5) is 0 Å². The molecule has 1 saturated carbocycles. The van der Waals surface area contributed by atoms with Gasteiger partial charge in [-0.05, 0) is 102 Å². The number of rotatable bonds is 20. The van der Waals surface area contributed by atoms with Crippen molar-refractivity contribution < 1.29 is 53.4 Å². The number of aliphatic hydroxyl groups excluding tert-OH is 2. The van der Waals surface area contributed by atoms with Crippen molar-refractivity contribution >= 4 is 34.9 Å². The molecule has 12 nitrogen and oxygen atoms in total. The first-order chi connectivity index (χ1) is 26.8. The number of halogens is 1. The van der Waals surface area contributed by atoms with Crippen LogP contribution in [0.5, 0.6) is 0 Å². The second-order valence-corrected chi connectivity index (χ2v) is 17.9. The number of hydrogen-bond acceptors (Lipinski definition) is 11. The lowest BCUT2D eigenvalue weighted by molar-refractivity contribution is -0.302. The van der Waals surface area contributed by atoms with E-state index in [1.165, 1.54) is 26.0 Å². The number of methoxy groups -OCH3 is 3. The molecular weight excluding hydrogens is 754 g/mol. The van der Waals surface area contributed by atoms with Crippen LogP contribution >= 0.6 is 11.6 Å². The van der Waals surface area contributed by atoms with Gasteiger partial charge in [-0.3, -0.25) is 19.2 Å². The van der Waals surface area contributed by atoms with Crippen LogP contribution in [0.1, 0.15) is 119 Å². The first-order valence-electron chi connectivity index (χ1n) is 21.1. The van der Waals surface area contributed by atoms with E-state index in [-0.39, 0.29) is 54.3 Å². The minimum absolute atomic E-state index is 0.0172. The van der Waals surface area contributed by atoms with Crippen molar-refractivity contribution in [1.29, 1.82) is 0 Å². The van der Waals surface area contributed by atoms with Crippen LogP contribution < -0.4 is 0 Å². The Morgan fingerprint density at radius 3 is 2.23 bits per heavy atom. The number of piperidine rings is 1. The van der Waals surface area contributed by atoms with E-state index < -0.39 is 71.8 Å². The molecule has 0 unspecified atom stereocenters. The molecule has 1 aliphatic carbocycles. The van der Waals surface area contributed by atoms with Crippen LogP contribution in [-0.4, -0.2) is 125 Å². The Kier molecular flexibility index (Phi) is 19.5. The van der Waals surface area contributed by atoms with E-state index in [0.717, 1.165) is 36.8 Å². The number of carbonyl (C=O) groups excluding carboxylic acids is 4. The molecule has 326 valence electrons. The van der Waals surface area contributed by atoms with Crippen LogP contribution in [0, 0.1) is 29.6 Å². The minimum Gasteiger partial charge on any atom is -0.392 e. The molecule has 0 aromatic carbocycles. The molecule has 3 fully saturated rings. The highest BCUT2D eigenvalue weighted by Gasteiger charge is 2.56. The summed E-state index contributed by atoms with van der Waals surface area (Å²) in [6.45, 7) is 12.9. The third-order valence-electron chi connectivity index (χ3n) is 12.8. The summed E-state index contributed by atoms with van der Waals surface area (Å²) in [6, 6.07) is -0.707. The van der Waals surface area contributed by atoms with Crippen molar-refractivity contribution in [3.05, 3.63) is 23.3 Å². The number of carbonyl (C=O) groups is 4. The summed E-state index contributed by atoms with van der Waals surface area (Å²) >= 11 is 6.39. The molecule has 0 aromatic heterocycles. The SMILES string of the molecule is CC[C@H](/C=C(\C)C[C@H](C)C[C@H](OC)[C@H]1O[C@@](O)(C(=O)C(=O)N2CCCC[C@H]2C(C)=O)[C@H](C)C[C@@H]1OC)C(=O)C[C@H](O)[C@@H](C)[C@H](O)/C(C)=C/[C@@H]1CC[C@H](Cl)[C@H](OC)C1. The highest BCUT2D eigenvalue weighted by Crippen LogP contribution is 2.39. The van der Waals surface area contributed by atoms with E-state index in [0.29, 0.717) is 32.1 Å². The minimum atomic E-state index is -2.43. The number of allylic oxidation sites excluding steroid dienone is 3. The number of likely N-dealkylation sites (tertiary alicyclic amines) is 1. The van der Waals surface area contributed by atoms with Gasteiger partial charge in [0.15, 0.2) is 5.78 Å². The second kappa shape index (κ2) is 22.5. The fourth-order valence-electron chi connectivity index (χ4n) is 9.15. The maximum atomic E-state index is 13.7. The summed E-state index contributed by atoms with van der Waals surface area (Å²) in [5.74, 6) is -6.22. The average Bonchev–Trinajstić information content (AvgIpc) is 3.19. The van der Waals surface area contributed by atoms with Gasteiger partial charge in [-0.1, -0.05) is 45.4 Å².